The normalized spacial score (nSPS) is 11.3. The third kappa shape index (κ3) is 5.87. The monoisotopic (exact) mass is 288 g/mol. The van der Waals surface area contributed by atoms with E-state index in [9.17, 15) is 10.1 Å². The zero-order chi connectivity index (χ0) is 13.4. The Balaban J connectivity index is 2.16. The van der Waals surface area contributed by atoms with Gasteiger partial charge in [0.1, 0.15) is 5.01 Å². The number of nitrogens with one attached hydrogen (secondary N) is 2. The minimum absolute atomic E-state index is 0.422. The van der Waals surface area contributed by atoms with Crippen LogP contribution in [0.2, 0.25) is 0 Å². The molecule has 0 unspecified atom stereocenters. The van der Waals surface area contributed by atoms with Crippen LogP contribution >= 0.6 is 23.1 Å². The predicted octanol–water partition coefficient (Wildman–Crippen LogP) is 1.57. The summed E-state index contributed by atoms with van der Waals surface area (Å²) in [6, 6.07) is 0. The van der Waals surface area contributed by atoms with Crippen LogP contribution in [0.3, 0.4) is 0 Å². The Morgan fingerprint density at radius 3 is 3.06 bits per heavy atom. The number of hydrogen-bond acceptors (Lipinski definition) is 7. The van der Waals surface area contributed by atoms with E-state index in [0.717, 1.165) is 28.4 Å². The first kappa shape index (κ1) is 14.8. The summed E-state index contributed by atoms with van der Waals surface area (Å²) < 4.78 is 0. The maximum Gasteiger partial charge on any atom is 0.274 e. The fraction of sp³-hybridized carbons (Fsp3) is 0.500. The SMILES string of the molecule is CN/C(=C/[N+](=O)[O-])NCCSCc1nc(C)cs1. The fourth-order valence-corrected chi connectivity index (χ4v) is 2.90. The van der Waals surface area contributed by atoms with Crippen molar-refractivity contribution in [1.29, 1.82) is 0 Å². The highest BCUT2D eigenvalue weighted by Crippen LogP contribution is 2.15. The van der Waals surface area contributed by atoms with E-state index in [-0.39, 0.29) is 0 Å². The first-order valence-electron chi connectivity index (χ1n) is 5.37. The number of nitro groups is 1. The molecule has 0 atom stereocenters. The standard InChI is InChI=1S/C10H16N4O2S2/c1-8-6-18-10(13-8)7-17-4-3-12-9(11-2)5-14(15)16/h5-6,11-12H,3-4,7H2,1-2H3/b9-5-. The minimum atomic E-state index is -0.482. The van der Waals surface area contributed by atoms with Gasteiger partial charge in [0.25, 0.3) is 6.20 Å². The topological polar surface area (TPSA) is 80.1 Å². The smallest absolute Gasteiger partial charge is 0.274 e. The number of thiazole rings is 1. The van der Waals surface area contributed by atoms with E-state index >= 15 is 0 Å². The molecule has 8 heteroatoms. The average Bonchev–Trinajstić information content (AvgIpc) is 2.72. The van der Waals surface area contributed by atoms with Gasteiger partial charge in [-0.15, -0.1) is 11.3 Å². The molecule has 0 amide bonds. The van der Waals surface area contributed by atoms with E-state index in [2.05, 4.69) is 15.6 Å². The van der Waals surface area contributed by atoms with E-state index in [4.69, 9.17) is 0 Å². The molecule has 1 aromatic rings. The lowest BCUT2D eigenvalue weighted by atomic mass is 10.6. The van der Waals surface area contributed by atoms with Crippen molar-refractivity contribution in [1.82, 2.24) is 15.6 Å². The number of hydrogen-bond donors (Lipinski definition) is 2. The maximum absolute atomic E-state index is 10.3. The molecule has 0 spiro atoms. The van der Waals surface area contributed by atoms with Crippen molar-refractivity contribution in [2.24, 2.45) is 0 Å². The molecule has 100 valence electrons. The van der Waals surface area contributed by atoms with E-state index in [1.165, 1.54) is 0 Å². The number of aryl methyl sites for hydroxylation is 1. The van der Waals surface area contributed by atoms with Crippen LogP contribution in [0.1, 0.15) is 10.7 Å². The summed E-state index contributed by atoms with van der Waals surface area (Å²) in [7, 11) is 1.65. The molecule has 0 aliphatic rings. The highest BCUT2D eigenvalue weighted by Gasteiger charge is 2.01. The van der Waals surface area contributed by atoms with Crippen molar-refractivity contribution in [3.63, 3.8) is 0 Å². The summed E-state index contributed by atoms with van der Waals surface area (Å²) in [6.45, 7) is 2.66. The zero-order valence-electron chi connectivity index (χ0n) is 10.3. The van der Waals surface area contributed by atoms with Gasteiger partial charge in [0.2, 0.25) is 0 Å². The van der Waals surface area contributed by atoms with Gasteiger partial charge in [-0.1, -0.05) is 0 Å². The second-order valence-corrected chi connectivity index (χ2v) is 5.49. The lowest BCUT2D eigenvalue weighted by Gasteiger charge is -2.06. The Bertz CT molecular complexity index is 420. The number of nitrogens with zero attached hydrogens (tertiary/aromatic N) is 2. The van der Waals surface area contributed by atoms with Gasteiger partial charge in [0.15, 0.2) is 5.82 Å². The number of aromatic nitrogens is 1. The molecule has 1 rings (SSSR count). The second kappa shape index (κ2) is 7.93. The van der Waals surface area contributed by atoms with Crippen LogP contribution in [0, 0.1) is 17.0 Å². The molecular formula is C10H16N4O2S2. The van der Waals surface area contributed by atoms with Crippen molar-refractivity contribution in [2.75, 3.05) is 19.3 Å². The van der Waals surface area contributed by atoms with Crippen LogP contribution in [-0.2, 0) is 5.75 Å². The zero-order valence-corrected chi connectivity index (χ0v) is 11.9. The maximum atomic E-state index is 10.3. The van der Waals surface area contributed by atoms with Crippen molar-refractivity contribution >= 4 is 23.1 Å². The van der Waals surface area contributed by atoms with Crippen LogP contribution < -0.4 is 10.6 Å². The average molecular weight is 288 g/mol. The molecule has 2 N–H and O–H groups in total. The summed E-state index contributed by atoms with van der Waals surface area (Å²) in [4.78, 5) is 14.2. The Morgan fingerprint density at radius 1 is 1.72 bits per heavy atom. The Morgan fingerprint density at radius 2 is 2.50 bits per heavy atom. The molecule has 0 bridgehead atoms. The molecule has 1 aromatic heterocycles. The summed E-state index contributed by atoms with van der Waals surface area (Å²) in [5.41, 5.74) is 1.06. The Labute approximate surface area is 114 Å². The molecule has 0 aliphatic carbocycles. The molecule has 0 saturated heterocycles. The molecule has 6 nitrogen and oxygen atoms in total. The lowest BCUT2D eigenvalue weighted by molar-refractivity contribution is -0.404. The quantitative estimate of drug-likeness (QED) is 0.429. The largest absolute Gasteiger partial charge is 0.370 e. The molecular weight excluding hydrogens is 272 g/mol. The first-order valence-corrected chi connectivity index (χ1v) is 7.41. The molecule has 0 saturated carbocycles. The number of rotatable bonds is 8. The van der Waals surface area contributed by atoms with Crippen LogP contribution in [0.15, 0.2) is 17.4 Å². The van der Waals surface area contributed by atoms with Gasteiger partial charge in [0.05, 0.1) is 4.92 Å². The summed E-state index contributed by atoms with van der Waals surface area (Å²) in [5, 5.41) is 19.1. The van der Waals surface area contributed by atoms with Crippen LogP contribution in [0.4, 0.5) is 0 Å². The third-order valence-electron chi connectivity index (χ3n) is 1.96. The summed E-state index contributed by atoms with van der Waals surface area (Å²) in [5.74, 6) is 2.18. The van der Waals surface area contributed by atoms with Crippen molar-refractivity contribution in [3.8, 4) is 0 Å². The van der Waals surface area contributed by atoms with Crippen molar-refractivity contribution < 1.29 is 4.92 Å². The predicted molar refractivity (Wildman–Crippen MR) is 75.2 cm³/mol. The summed E-state index contributed by atoms with van der Waals surface area (Å²) in [6.07, 6.45) is 0.925. The Kier molecular flexibility index (Phi) is 6.51. The van der Waals surface area contributed by atoms with Crippen LogP contribution in [0.25, 0.3) is 0 Å². The lowest BCUT2D eigenvalue weighted by Crippen LogP contribution is -2.26. The van der Waals surface area contributed by atoms with Crippen molar-refractivity contribution in [2.45, 2.75) is 12.7 Å². The van der Waals surface area contributed by atoms with Gasteiger partial charge in [0, 0.05) is 36.2 Å². The fourth-order valence-electron chi connectivity index (χ4n) is 1.19. The van der Waals surface area contributed by atoms with E-state index in [1.807, 2.05) is 12.3 Å². The van der Waals surface area contributed by atoms with Gasteiger partial charge in [-0.2, -0.15) is 11.8 Å². The minimum Gasteiger partial charge on any atom is -0.370 e. The Hall–Kier alpha value is -1.28. The first-order chi connectivity index (χ1) is 8.61. The molecule has 0 fully saturated rings. The van der Waals surface area contributed by atoms with E-state index < -0.39 is 4.92 Å². The van der Waals surface area contributed by atoms with Gasteiger partial charge in [-0.25, -0.2) is 4.98 Å². The molecule has 18 heavy (non-hydrogen) atoms. The van der Waals surface area contributed by atoms with Gasteiger partial charge in [-0.05, 0) is 6.92 Å². The van der Waals surface area contributed by atoms with Crippen LogP contribution in [-0.4, -0.2) is 29.3 Å². The molecule has 0 aliphatic heterocycles. The van der Waals surface area contributed by atoms with Crippen LogP contribution in [0.5, 0.6) is 0 Å². The van der Waals surface area contributed by atoms with Gasteiger partial charge in [-0.3, -0.25) is 10.1 Å². The van der Waals surface area contributed by atoms with Gasteiger partial charge < -0.3 is 10.6 Å². The summed E-state index contributed by atoms with van der Waals surface area (Å²) >= 11 is 3.41. The van der Waals surface area contributed by atoms with Crippen molar-refractivity contribution in [3.05, 3.63) is 38.2 Å². The molecule has 1 heterocycles. The molecule has 0 aromatic carbocycles. The van der Waals surface area contributed by atoms with E-state index in [1.54, 1.807) is 30.1 Å². The number of thioether (sulfide) groups is 1. The van der Waals surface area contributed by atoms with E-state index in [0.29, 0.717) is 12.4 Å². The highest BCUT2D eigenvalue weighted by molar-refractivity contribution is 7.98. The van der Waals surface area contributed by atoms with Gasteiger partial charge >= 0.3 is 0 Å². The second-order valence-electron chi connectivity index (χ2n) is 3.44. The highest BCUT2D eigenvalue weighted by atomic mass is 32.2. The third-order valence-corrected chi connectivity index (χ3v) is 4.08. The molecule has 0 radical (unpaired) electrons.